The molecule has 0 bridgehead atoms. The fourth-order valence-electron chi connectivity index (χ4n) is 1.35. The van der Waals surface area contributed by atoms with Crippen molar-refractivity contribution >= 4 is 11.6 Å². The van der Waals surface area contributed by atoms with Gasteiger partial charge in [-0.15, -0.1) is 0 Å². The predicted octanol–water partition coefficient (Wildman–Crippen LogP) is 2.99. The molecule has 0 saturated heterocycles. The lowest BCUT2D eigenvalue weighted by molar-refractivity contribution is 0.184. The Morgan fingerprint density at radius 3 is 2.88 bits per heavy atom. The third-order valence-corrected chi connectivity index (χ3v) is 2.65. The Morgan fingerprint density at radius 1 is 1.50 bits per heavy atom. The molecular weight excluding hydrogens is 229 g/mol. The average molecular weight is 246 g/mol. The number of nitrogens with one attached hydrogen (secondary N) is 1. The van der Waals surface area contributed by atoms with E-state index in [0.717, 1.165) is 6.42 Å². The van der Waals surface area contributed by atoms with Crippen LogP contribution >= 0.6 is 11.6 Å². The number of benzene rings is 1. The molecular formula is C12H17ClFNO. The summed E-state index contributed by atoms with van der Waals surface area (Å²) in [7, 11) is 1.67. The van der Waals surface area contributed by atoms with Crippen molar-refractivity contribution in [1.29, 1.82) is 0 Å². The van der Waals surface area contributed by atoms with Crippen molar-refractivity contribution in [2.75, 3.05) is 13.7 Å². The summed E-state index contributed by atoms with van der Waals surface area (Å²) in [5, 5.41) is 3.66. The largest absolute Gasteiger partial charge is 0.385 e. The van der Waals surface area contributed by atoms with Crippen LogP contribution in [0.15, 0.2) is 18.2 Å². The smallest absolute Gasteiger partial charge is 0.129 e. The molecule has 1 aromatic rings. The summed E-state index contributed by atoms with van der Waals surface area (Å²) < 4.78 is 18.4. The number of hydrogen-bond donors (Lipinski definition) is 1. The maximum absolute atomic E-state index is 13.4. The summed E-state index contributed by atoms with van der Waals surface area (Å²) in [6.45, 7) is 3.26. The van der Waals surface area contributed by atoms with Crippen LogP contribution in [0.1, 0.15) is 18.9 Å². The minimum absolute atomic E-state index is 0.265. The highest BCUT2D eigenvalue weighted by atomic mass is 35.5. The first-order valence-corrected chi connectivity index (χ1v) is 5.67. The quantitative estimate of drug-likeness (QED) is 0.832. The Hall–Kier alpha value is -0.640. The lowest BCUT2D eigenvalue weighted by Crippen LogP contribution is -2.27. The maximum atomic E-state index is 13.4. The Balaban J connectivity index is 2.42. The van der Waals surface area contributed by atoms with Gasteiger partial charge in [-0.1, -0.05) is 17.7 Å². The average Bonchev–Trinajstić information content (AvgIpc) is 2.25. The minimum atomic E-state index is -0.265. The van der Waals surface area contributed by atoms with Gasteiger partial charge >= 0.3 is 0 Å². The first-order chi connectivity index (χ1) is 7.63. The number of hydrogen-bond acceptors (Lipinski definition) is 2. The van der Waals surface area contributed by atoms with Gasteiger partial charge in [0.05, 0.1) is 0 Å². The molecule has 0 aliphatic heterocycles. The Morgan fingerprint density at radius 2 is 2.25 bits per heavy atom. The van der Waals surface area contributed by atoms with Gasteiger partial charge in [-0.05, 0) is 25.5 Å². The van der Waals surface area contributed by atoms with Gasteiger partial charge in [0.2, 0.25) is 0 Å². The molecule has 1 N–H and O–H groups in total. The Kier molecular flexibility index (Phi) is 5.74. The molecule has 0 radical (unpaired) electrons. The number of methoxy groups -OCH3 is 1. The summed E-state index contributed by atoms with van der Waals surface area (Å²) in [6.07, 6.45) is 0.908. The second-order valence-electron chi connectivity index (χ2n) is 3.80. The van der Waals surface area contributed by atoms with E-state index >= 15 is 0 Å². The van der Waals surface area contributed by atoms with Crippen LogP contribution in [0.3, 0.4) is 0 Å². The molecule has 0 saturated carbocycles. The summed E-state index contributed by atoms with van der Waals surface area (Å²) in [6, 6.07) is 5.03. The van der Waals surface area contributed by atoms with Gasteiger partial charge in [0.1, 0.15) is 5.82 Å². The first kappa shape index (κ1) is 13.4. The van der Waals surface area contributed by atoms with E-state index in [1.54, 1.807) is 19.2 Å². The van der Waals surface area contributed by atoms with Crippen molar-refractivity contribution in [3.05, 3.63) is 34.6 Å². The van der Waals surface area contributed by atoms with Crippen LogP contribution in [0.4, 0.5) is 4.39 Å². The van der Waals surface area contributed by atoms with Crippen molar-refractivity contribution < 1.29 is 9.13 Å². The van der Waals surface area contributed by atoms with Gasteiger partial charge in [0, 0.05) is 36.9 Å². The van der Waals surface area contributed by atoms with E-state index in [9.17, 15) is 4.39 Å². The van der Waals surface area contributed by atoms with Crippen LogP contribution in [0.5, 0.6) is 0 Å². The zero-order valence-corrected chi connectivity index (χ0v) is 10.4. The van der Waals surface area contributed by atoms with Crippen LogP contribution in [-0.2, 0) is 11.3 Å². The molecule has 0 aromatic heterocycles. The monoisotopic (exact) mass is 245 g/mol. The highest BCUT2D eigenvalue weighted by Gasteiger charge is 2.05. The normalized spacial score (nSPS) is 12.8. The number of halogens is 2. The van der Waals surface area contributed by atoms with Gasteiger partial charge < -0.3 is 10.1 Å². The third-order valence-electron chi connectivity index (χ3n) is 2.41. The van der Waals surface area contributed by atoms with Crippen LogP contribution in [0.25, 0.3) is 0 Å². The molecule has 0 aliphatic carbocycles. The van der Waals surface area contributed by atoms with Gasteiger partial charge in [-0.25, -0.2) is 4.39 Å². The molecule has 1 rings (SSSR count). The van der Waals surface area contributed by atoms with E-state index in [4.69, 9.17) is 16.3 Å². The highest BCUT2D eigenvalue weighted by molar-refractivity contribution is 6.30. The van der Waals surface area contributed by atoms with Crippen molar-refractivity contribution in [1.82, 2.24) is 5.32 Å². The number of ether oxygens (including phenoxy) is 1. The standard InChI is InChI=1S/C12H17ClFNO/c1-9(5-6-16-2)15-8-10-3-4-11(13)7-12(10)14/h3-4,7,9,15H,5-6,8H2,1-2H3. The lowest BCUT2D eigenvalue weighted by Gasteiger charge is -2.13. The molecule has 2 nitrogen and oxygen atoms in total. The van der Waals surface area contributed by atoms with Crippen molar-refractivity contribution in [2.45, 2.75) is 25.9 Å². The minimum Gasteiger partial charge on any atom is -0.385 e. The Labute approximate surface area is 101 Å². The predicted molar refractivity (Wildman–Crippen MR) is 64.2 cm³/mol. The first-order valence-electron chi connectivity index (χ1n) is 5.29. The van der Waals surface area contributed by atoms with E-state index in [-0.39, 0.29) is 5.82 Å². The maximum Gasteiger partial charge on any atom is 0.129 e. The van der Waals surface area contributed by atoms with Crippen LogP contribution in [0.2, 0.25) is 5.02 Å². The summed E-state index contributed by atoms with van der Waals surface area (Å²) in [4.78, 5) is 0. The summed E-state index contributed by atoms with van der Waals surface area (Å²) in [5.74, 6) is -0.265. The second kappa shape index (κ2) is 6.84. The SMILES string of the molecule is COCCC(C)NCc1ccc(Cl)cc1F. The van der Waals surface area contributed by atoms with E-state index in [0.29, 0.717) is 29.8 Å². The third kappa shape index (κ3) is 4.47. The molecule has 0 fully saturated rings. The van der Waals surface area contributed by atoms with E-state index in [1.165, 1.54) is 6.07 Å². The van der Waals surface area contributed by atoms with Crippen LogP contribution in [0, 0.1) is 5.82 Å². The topological polar surface area (TPSA) is 21.3 Å². The zero-order chi connectivity index (χ0) is 12.0. The molecule has 1 aromatic carbocycles. The van der Waals surface area contributed by atoms with E-state index < -0.39 is 0 Å². The lowest BCUT2D eigenvalue weighted by atomic mass is 10.2. The van der Waals surface area contributed by atoms with Crippen molar-refractivity contribution in [2.24, 2.45) is 0 Å². The highest BCUT2D eigenvalue weighted by Crippen LogP contribution is 2.14. The molecule has 0 heterocycles. The molecule has 16 heavy (non-hydrogen) atoms. The van der Waals surface area contributed by atoms with Gasteiger partial charge in [-0.2, -0.15) is 0 Å². The molecule has 1 unspecified atom stereocenters. The fraction of sp³-hybridized carbons (Fsp3) is 0.500. The van der Waals surface area contributed by atoms with Gasteiger partial charge in [0.25, 0.3) is 0 Å². The molecule has 0 spiro atoms. The van der Waals surface area contributed by atoms with E-state index in [1.807, 2.05) is 6.92 Å². The molecule has 0 amide bonds. The van der Waals surface area contributed by atoms with Crippen LogP contribution < -0.4 is 5.32 Å². The molecule has 0 aliphatic rings. The van der Waals surface area contributed by atoms with Crippen LogP contribution in [-0.4, -0.2) is 19.8 Å². The van der Waals surface area contributed by atoms with Gasteiger partial charge in [0.15, 0.2) is 0 Å². The molecule has 90 valence electrons. The summed E-state index contributed by atoms with van der Waals surface area (Å²) in [5.41, 5.74) is 0.633. The zero-order valence-electron chi connectivity index (χ0n) is 9.59. The Bertz CT molecular complexity index is 333. The van der Waals surface area contributed by atoms with Crippen molar-refractivity contribution in [3.8, 4) is 0 Å². The van der Waals surface area contributed by atoms with Crippen molar-refractivity contribution in [3.63, 3.8) is 0 Å². The summed E-state index contributed by atoms with van der Waals surface area (Å²) >= 11 is 5.67. The van der Waals surface area contributed by atoms with E-state index in [2.05, 4.69) is 5.32 Å². The molecule has 4 heteroatoms. The molecule has 1 atom stereocenters. The second-order valence-corrected chi connectivity index (χ2v) is 4.24. The van der Waals surface area contributed by atoms with Gasteiger partial charge in [-0.3, -0.25) is 0 Å². The number of rotatable bonds is 6. The fourth-order valence-corrected chi connectivity index (χ4v) is 1.50.